The maximum Gasteiger partial charge on any atom is 0.229 e. The highest BCUT2D eigenvalue weighted by atomic mass is 16.7. The van der Waals surface area contributed by atoms with Crippen LogP contribution in [0.2, 0.25) is 0 Å². The quantitative estimate of drug-likeness (QED) is 0.219. The molecule has 3 aromatic rings. The number of ether oxygens (including phenoxy) is 2. The highest BCUT2D eigenvalue weighted by Crippen LogP contribution is 2.41. The molecular formula is C20H18O11. The smallest absolute Gasteiger partial charge is 0.229 e. The van der Waals surface area contributed by atoms with E-state index in [1.807, 2.05) is 0 Å². The van der Waals surface area contributed by atoms with E-state index in [0.29, 0.717) is 0 Å². The molecule has 2 heterocycles. The average Bonchev–Trinajstić information content (AvgIpc) is 2.73. The molecule has 0 bridgehead atoms. The zero-order valence-electron chi connectivity index (χ0n) is 15.7. The number of hydrogen-bond donors (Lipinski definition) is 7. The van der Waals surface area contributed by atoms with Gasteiger partial charge in [0.05, 0.1) is 6.61 Å². The molecule has 1 saturated heterocycles. The molecule has 31 heavy (non-hydrogen) atoms. The van der Waals surface area contributed by atoms with E-state index >= 15 is 0 Å². The van der Waals surface area contributed by atoms with Gasteiger partial charge in [-0.25, -0.2) is 0 Å². The Morgan fingerprint density at radius 1 is 0.903 bits per heavy atom. The number of aromatic hydroxyl groups is 4. The lowest BCUT2D eigenvalue weighted by Gasteiger charge is -2.35. The Morgan fingerprint density at radius 2 is 1.65 bits per heavy atom. The van der Waals surface area contributed by atoms with E-state index in [1.165, 1.54) is 12.1 Å². The number of phenolic OH excluding ortho intramolecular Hbond substituents is 4. The van der Waals surface area contributed by atoms with Crippen molar-refractivity contribution in [2.45, 2.75) is 24.6 Å². The maximum atomic E-state index is 12.5. The molecule has 7 N–H and O–H groups in total. The van der Waals surface area contributed by atoms with Gasteiger partial charge in [0.2, 0.25) is 12.0 Å². The van der Waals surface area contributed by atoms with Crippen LogP contribution in [0, 0.1) is 0 Å². The zero-order valence-corrected chi connectivity index (χ0v) is 15.7. The Kier molecular flexibility index (Phi) is 5.11. The number of phenols is 4. The predicted octanol–water partition coefficient (Wildman–Crippen LogP) is 0.100. The number of fused-ring (bicyclic) bond motifs is 1. The molecule has 164 valence electrons. The average molecular weight is 434 g/mol. The fraction of sp³-hybridized carbons (Fsp3) is 0.250. The van der Waals surface area contributed by atoms with E-state index in [2.05, 4.69) is 0 Å². The van der Waals surface area contributed by atoms with Crippen LogP contribution in [0.15, 0.2) is 39.5 Å². The van der Waals surface area contributed by atoms with Crippen LogP contribution in [0.5, 0.6) is 28.7 Å². The Labute approximate surface area is 173 Å². The molecule has 0 aliphatic carbocycles. The molecule has 1 fully saturated rings. The molecular weight excluding hydrogens is 416 g/mol. The summed E-state index contributed by atoms with van der Waals surface area (Å²) in [6.45, 7) is -0.354. The zero-order chi connectivity index (χ0) is 22.4. The summed E-state index contributed by atoms with van der Waals surface area (Å²) >= 11 is 0. The minimum Gasteiger partial charge on any atom is -0.507 e. The van der Waals surface area contributed by atoms with Crippen molar-refractivity contribution in [2.75, 3.05) is 6.61 Å². The number of hydrogen-bond acceptors (Lipinski definition) is 11. The summed E-state index contributed by atoms with van der Waals surface area (Å²) in [5.74, 6) is -2.66. The minimum absolute atomic E-state index is 0.0906. The standard InChI is InChI=1S/C20H18O11/c21-8-2-1-7(3-9(8)22)13-4-10(23)15-11(24)5-14(17(27)19(15)30-13)31-20-18(28)16(26)12(25)6-29-20/h1-5,12,16,18,20-22,24-28H,6H2/t12-,16-,18-,20+/m0/s1. The van der Waals surface area contributed by atoms with Gasteiger partial charge in [0.25, 0.3) is 0 Å². The Balaban J connectivity index is 1.79. The maximum absolute atomic E-state index is 12.5. The highest BCUT2D eigenvalue weighted by molar-refractivity contribution is 5.91. The molecule has 1 aliphatic heterocycles. The molecule has 11 nitrogen and oxygen atoms in total. The normalized spacial score (nSPS) is 23.7. The summed E-state index contributed by atoms with van der Waals surface area (Å²) in [4.78, 5) is 12.5. The fourth-order valence-electron chi connectivity index (χ4n) is 3.20. The van der Waals surface area contributed by atoms with Crippen molar-refractivity contribution < 1.29 is 49.6 Å². The summed E-state index contributed by atoms with van der Waals surface area (Å²) < 4.78 is 16.0. The second kappa shape index (κ2) is 7.63. The number of aliphatic hydroxyl groups excluding tert-OH is 3. The first kappa shape index (κ1) is 20.8. The summed E-state index contributed by atoms with van der Waals surface area (Å²) in [7, 11) is 0. The van der Waals surface area contributed by atoms with E-state index in [-0.39, 0.29) is 29.1 Å². The van der Waals surface area contributed by atoms with Crippen LogP contribution in [0.25, 0.3) is 22.3 Å². The van der Waals surface area contributed by atoms with Gasteiger partial charge in [-0.3, -0.25) is 4.79 Å². The van der Waals surface area contributed by atoms with E-state index in [0.717, 1.165) is 18.2 Å². The van der Waals surface area contributed by atoms with E-state index in [9.17, 15) is 40.5 Å². The van der Waals surface area contributed by atoms with Gasteiger partial charge in [0.1, 0.15) is 35.2 Å². The van der Waals surface area contributed by atoms with Crippen LogP contribution >= 0.6 is 0 Å². The van der Waals surface area contributed by atoms with Gasteiger partial charge < -0.3 is 49.6 Å². The lowest BCUT2D eigenvalue weighted by Crippen LogP contribution is -2.54. The van der Waals surface area contributed by atoms with E-state index < -0.39 is 58.6 Å². The van der Waals surface area contributed by atoms with Gasteiger partial charge in [-0.15, -0.1) is 0 Å². The molecule has 0 amide bonds. The topological polar surface area (TPSA) is 190 Å². The first-order valence-electron chi connectivity index (χ1n) is 9.05. The molecule has 0 unspecified atom stereocenters. The van der Waals surface area contributed by atoms with Gasteiger partial charge in [-0.1, -0.05) is 0 Å². The van der Waals surface area contributed by atoms with Crippen LogP contribution in [0.4, 0.5) is 0 Å². The summed E-state index contributed by atoms with van der Waals surface area (Å²) in [5.41, 5.74) is -0.964. The van der Waals surface area contributed by atoms with Crippen LogP contribution in [0.3, 0.4) is 0 Å². The van der Waals surface area contributed by atoms with Crippen molar-refractivity contribution in [2.24, 2.45) is 0 Å². The molecule has 1 aliphatic rings. The van der Waals surface area contributed by atoms with Gasteiger partial charge in [0, 0.05) is 17.7 Å². The van der Waals surface area contributed by atoms with E-state index in [1.54, 1.807) is 0 Å². The molecule has 0 radical (unpaired) electrons. The molecule has 0 spiro atoms. The highest BCUT2D eigenvalue weighted by Gasteiger charge is 2.39. The van der Waals surface area contributed by atoms with E-state index in [4.69, 9.17) is 13.9 Å². The molecule has 2 aromatic carbocycles. The predicted molar refractivity (Wildman–Crippen MR) is 103 cm³/mol. The first-order valence-corrected chi connectivity index (χ1v) is 9.05. The van der Waals surface area contributed by atoms with Crippen LogP contribution in [-0.4, -0.2) is 67.0 Å². The van der Waals surface area contributed by atoms with Crippen LogP contribution in [0.1, 0.15) is 0 Å². The third-order valence-electron chi connectivity index (χ3n) is 4.88. The van der Waals surface area contributed by atoms with Gasteiger partial charge in [-0.2, -0.15) is 0 Å². The Hall–Kier alpha value is -3.51. The van der Waals surface area contributed by atoms with Crippen LogP contribution in [-0.2, 0) is 4.74 Å². The number of rotatable bonds is 3. The van der Waals surface area contributed by atoms with Gasteiger partial charge >= 0.3 is 0 Å². The lowest BCUT2D eigenvalue weighted by atomic mass is 10.1. The minimum atomic E-state index is -1.67. The first-order chi connectivity index (χ1) is 14.7. The van der Waals surface area contributed by atoms with Crippen molar-refractivity contribution in [3.8, 4) is 40.1 Å². The molecule has 0 saturated carbocycles. The molecule has 11 heteroatoms. The largest absolute Gasteiger partial charge is 0.507 e. The summed E-state index contributed by atoms with van der Waals surface area (Å²) in [5, 5.41) is 68.9. The fourth-order valence-corrected chi connectivity index (χ4v) is 3.20. The van der Waals surface area contributed by atoms with Crippen molar-refractivity contribution >= 4 is 11.0 Å². The monoisotopic (exact) mass is 434 g/mol. The molecule has 4 atom stereocenters. The summed E-state index contributed by atoms with van der Waals surface area (Å²) in [6, 6.07) is 5.60. The van der Waals surface area contributed by atoms with Gasteiger partial charge in [0.15, 0.2) is 28.3 Å². The summed E-state index contributed by atoms with van der Waals surface area (Å²) in [6.07, 6.45) is -6.07. The SMILES string of the molecule is O=c1cc(-c2ccc(O)c(O)c2)oc2c(O)c(O[C@H]3OC[C@H](O)[C@H](O)[C@@H]3O)cc(O)c12. The van der Waals surface area contributed by atoms with Crippen molar-refractivity contribution in [3.05, 3.63) is 40.6 Å². The Bertz CT molecular complexity index is 1200. The van der Waals surface area contributed by atoms with Gasteiger partial charge in [-0.05, 0) is 18.2 Å². The van der Waals surface area contributed by atoms with Crippen molar-refractivity contribution in [3.63, 3.8) is 0 Å². The second-order valence-corrected chi connectivity index (χ2v) is 6.99. The molecule has 4 rings (SSSR count). The van der Waals surface area contributed by atoms with Crippen LogP contribution < -0.4 is 10.2 Å². The number of aliphatic hydroxyl groups is 3. The second-order valence-electron chi connectivity index (χ2n) is 6.99. The molecule has 1 aromatic heterocycles. The number of benzene rings is 2. The lowest BCUT2D eigenvalue weighted by molar-refractivity contribution is -0.242. The Morgan fingerprint density at radius 3 is 2.35 bits per heavy atom. The van der Waals surface area contributed by atoms with Crippen molar-refractivity contribution in [1.82, 2.24) is 0 Å². The third kappa shape index (κ3) is 3.59. The van der Waals surface area contributed by atoms with Crippen molar-refractivity contribution in [1.29, 1.82) is 0 Å². The third-order valence-corrected chi connectivity index (χ3v) is 4.88.